The minimum atomic E-state index is -0.257. The zero-order chi connectivity index (χ0) is 11.4. The van der Waals surface area contributed by atoms with E-state index in [1.807, 2.05) is 0 Å². The van der Waals surface area contributed by atoms with Gasteiger partial charge in [0.1, 0.15) is 6.54 Å². The molecule has 0 aromatic rings. The lowest BCUT2D eigenvalue weighted by molar-refractivity contribution is -0.118. The summed E-state index contributed by atoms with van der Waals surface area (Å²) in [5, 5.41) is 2.27. The van der Waals surface area contributed by atoms with Crippen LogP contribution in [0.15, 0.2) is 0 Å². The van der Waals surface area contributed by atoms with Gasteiger partial charge in [-0.25, -0.2) is 4.79 Å². The lowest BCUT2D eigenvalue weighted by Crippen LogP contribution is -2.38. The maximum absolute atomic E-state index is 11.2. The molecule has 0 aromatic carbocycles. The number of morpholine rings is 1. The van der Waals surface area contributed by atoms with E-state index < -0.39 is 0 Å². The van der Waals surface area contributed by atoms with E-state index in [1.54, 1.807) is 4.90 Å². The van der Waals surface area contributed by atoms with Crippen LogP contribution < -0.4 is 5.32 Å². The predicted molar refractivity (Wildman–Crippen MR) is 57.0 cm³/mol. The summed E-state index contributed by atoms with van der Waals surface area (Å²) in [7, 11) is 0. The molecule has 2 aliphatic heterocycles. The molecule has 0 saturated carbocycles. The molecule has 2 saturated heterocycles. The number of urea groups is 1. The smallest absolute Gasteiger partial charge is 0.324 e. The van der Waals surface area contributed by atoms with Crippen LogP contribution in [-0.4, -0.2) is 67.7 Å². The highest BCUT2D eigenvalue weighted by molar-refractivity contribution is 6.01. The number of hydrogen-bond acceptors (Lipinski definition) is 4. The lowest BCUT2D eigenvalue weighted by atomic mass is 10.3. The summed E-state index contributed by atoms with van der Waals surface area (Å²) in [5.74, 6) is -0.198. The van der Waals surface area contributed by atoms with Crippen LogP contribution in [0, 0.1) is 0 Å². The van der Waals surface area contributed by atoms with Crippen molar-refractivity contribution in [3.63, 3.8) is 0 Å². The summed E-state index contributed by atoms with van der Waals surface area (Å²) < 4.78 is 5.25. The average Bonchev–Trinajstić information content (AvgIpc) is 2.59. The van der Waals surface area contributed by atoms with E-state index in [-0.39, 0.29) is 18.5 Å². The molecule has 3 amide bonds. The van der Waals surface area contributed by atoms with Gasteiger partial charge in [-0.2, -0.15) is 0 Å². The molecular formula is C10H17N3O3. The highest BCUT2D eigenvalue weighted by Gasteiger charge is 2.25. The SMILES string of the molecule is O=C1CN(CCCN2CCOCC2)C(=O)N1. The van der Waals surface area contributed by atoms with Gasteiger partial charge in [-0.15, -0.1) is 0 Å². The Labute approximate surface area is 94.5 Å². The minimum Gasteiger partial charge on any atom is -0.379 e. The second-order valence-corrected chi connectivity index (χ2v) is 4.08. The minimum absolute atomic E-state index is 0.198. The van der Waals surface area contributed by atoms with Crippen molar-refractivity contribution in [2.75, 3.05) is 45.9 Å². The molecule has 2 rings (SSSR count). The lowest BCUT2D eigenvalue weighted by Gasteiger charge is -2.27. The Morgan fingerprint density at radius 3 is 2.56 bits per heavy atom. The number of imide groups is 1. The van der Waals surface area contributed by atoms with Gasteiger partial charge in [0.05, 0.1) is 13.2 Å². The van der Waals surface area contributed by atoms with Crippen LogP contribution >= 0.6 is 0 Å². The largest absolute Gasteiger partial charge is 0.379 e. The second kappa shape index (κ2) is 5.27. The first-order valence-electron chi connectivity index (χ1n) is 5.64. The van der Waals surface area contributed by atoms with Gasteiger partial charge < -0.3 is 9.64 Å². The molecule has 0 radical (unpaired) electrons. The Morgan fingerprint density at radius 2 is 1.94 bits per heavy atom. The molecule has 2 aliphatic rings. The summed E-state index contributed by atoms with van der Waals surface area (Å²) >= 11 is 0. The Kier molecular flexibility index (Phi) is 3.74. The van der Waals surface area contributed by atoms with Gasteiger partial charge in [0.15, 0.2) is 0 Å². The molecule has 0 aromatic heterocycles. The molecule has 0 bridgehead atoms. The molecule has 6 nitrogen and oxygen atoms in total. The van der Waals surface area contributed by atoms with E-state index in [2.05, 4.69) is 10.2 Å². The summed E-state index contributed by atoms with van der Waals surface area (Å²) in [4.78, 5) is 26.0. The number of nitrogens with zero attached hydrogens (tertiary/aromatic N) is 2. The van der Waals surface area contributed by atoms with Crippen LogP contribution in [0.4, 0.5) is 4.79 Å². The van der Waals surface area contributed by atoms with Crippen molar-refractivity contribution in [1.82, 2.24) is 15.1 Å². The Morgan fingerprint density at radius 1 is 1.19 bits per heavy atom. The molecule has 0 spiro atoms. The maximum Gasteiger partial charge on any atom is 0.324 e. The predicted octanol–water partition coefficient (Wildman–Crippen LogP) is -0.739. The Balaban J connectivity index is 1.64. The number of amides is 3. The number of hydrogen-bond donors (Lipinski definition) is 1. The van der Waals surface area contributed by atoms with E-state index >= 15 is 0 Å². The maximum atomic E-state index is 11.2. The van der Waals surface area contributed by atoms with Crippen molar-refractivity contribution in [2.45, 2.75) is 6.42 Å². The van der Waals surface area contributed by atoms with Crippen molar-refractivity contribution < 1.29 is 14.3 Å². The molecule has 6 heteroatoms. The molecule has 1 N–H and O–H groups in total. The zero-order valence-corrected chi connectivity index (χ0v) is 9.28. The van der Waals surface area contributed by atoms with Gasteiger partial charge in [-0.3, -0.25) is 15.0 Å². The molecule has 2 heterocycles. The van der Waals surface area contributed by atoms with Gasteiger partial charge in [-0.05, 0) is 6.42 Å². The number of rotatable bonds is 4. The van der Waals surface area contributed by atoms with Crippen LogP contribution in [0.25, 0.3) is 0 Å². The topological polar surface area (TPSA) is 61.9 Å². The third-order valence-corrected chi connectivity index (χ3v) is 2.87. The third kappa shape index (κ3) is 2.93. The number of carbonyl (C=O) groups excluding carboxylic acids is 2. The van der Waals surface area contributed by atoms with Crippen molar-refractivity contribution in [2.24, 2.45) is 0 Å². The van der Waals surface area contributed by atoms with Crippen molar-refractivity contribution >= 4 is 11.9 Å². The monoisotopic (exact) mass is 227 g/mol. The van der Waals surface area contributed by atoms with E-state index in [0.717, 1.165) is 39.3 Å². The fourth-order valence-corrected chi connectivity index (χ4v) is 1.97. The van der Waals surface area contributed by atoms with E-state index in [4.69, 9.17) is 4.74 Å². The number of ether oxygens (including phenoxy) is 1. The molecule has 2 fully saturated rings. The van der Waals surface area contributed by atoms with Gasteiger partial charge >= 0.3 is 6.03 Å². The molecule has 90 valence electrons. The van der Waals surface area contributed by atoms with Crippen LogP contribution in [-0.2, 0) is 9.53 Å². The normalized spacial score (nSPS) is 22.6. The summed E-state index contributed by atoms with van der Waals surface area (Å²) in [6, 6.07) is -0.257. The molecular weight excluding hydrogens is 210 g/mol. The van der Waals surface area contributed by atoms with Crippen molar-refractivity contribution in [3.05, 3.63) is 0 Å². The van der Waals surface area contributed by atoms with Crippen molar-refractivity contribution in [1.29, 1.82) is 0 Å². The summed E-state index contributed by atoms with van der Waals surface area (Å²) in [5.41, 5.74) is 0. The van der Waals surface area contributed by atoms with Crippen LogP contribution in [0.1, 0.15) is 6.42 Å². The average molecular weight is 227 g/mol. The van der Waals surface area contributed by atoms with Crippen molar-refractivity contribution in [3.8, 4) is 0 Å². The fourth-order valence-electron chi connectivity index (χ4n) is 1.97. The molecule has 0 unspecified atom stereocenters. The Bertz CT molecular complexity index is 276. The van der Waals surface area contributed by atoms with E-state index in [0.29, 0.717) is 6.54 Å². The third-order valence-electron chi connectivity index (χ3n) is 2.87. The fraction of sp³-hybridized carbons (Fsp3) is 0.800. The van der Waals surface area contributed by atoms with E-state index in [1.165, 1.54) is 0 Å². The standard InChI is InChI=1S/C10H17N3O3/c14-9-8-13(10(15)11-9)3-1-2-12-4-6-16-7-5-12/h1-8H2,(H,11,14,15). The number of carbonyl (C=O) groups is 2. The zero-order valence-electron chi connectivity index (χ0n) is 9.28. The molecule has 0 aliphatic carbocycles. The molecule has 0 atom stereocenters. The summed E-state index contributed by atoms with van der Waals surface area (Å²) in [6.45, 7) is 5.33. The second-order valence-electron chi connectivity index (χ2n) is 4.08. The molecule has 16 heavy (non-hydrogen) atoms. The van der Waals surface area contributed by atoms with Crippen LogP contribution in [0.3, 0.4) is 0 Å². The quantitative estimate of drug-likeness (QED) is 0.643. The van der Waals surface area contributed by atoms with E-state index in [9.17, 15) is 9.59 Å². The van der Waals surface area contributed by atoms with Crippen LogP contribution in [0.5, 0.6) is 0 Å². The van der Waals surface area contributed by atoms with Crippen LogP contribution in [0.2, 0.25) is 0 Å². The van der Waals surface area contributed by atoms with Gasteiger partial charge in [0, 0.05) is 26.2 Å². The first-order valence-corrected chi connectivity index (χ1v) is 5.64. The first-order chi connectivity index (χ1) is 7.75. The highest BCUT2D eigenvalue weighted by Crippen LogP contribution is 2.02. The van der Waals surface area contributed by atoms with Gasteiger partial charge in [0.2, 0.25) is 5.91 Å². The number of nitrogens with one attached hydrogen (secondary N) is 1. The first kappa shape index (κ1) is 11.3. The van der Waals surface area contributed by atoms with Gasteiger partial charge in [0.25, 0.3) is 0 Å². The Hall–Kier alpha value is -1.14. The highest BCUT2D eigenvalue weighted by atomic mass is 16.5. The van der Waals surface area contributed by atoms with Gasteiger partial charge in [-0.1, -0.05) is 0 Å². The summed E-state index contributed by atoms with van der Waals surface area (Å²) in [6.07, 6.45) is 0.903.